The molecule has 26 heavy (non-hydrogen) atoms. The van der Waals surface area contributed by atoms with Crippen molar-refractivity contribution in [2.24, 2.45) is 5.41 Å². The van der Waals surface area contributed by atoms with Crippen LogP contribution in [0.15, 0.2) is 17.1 Å². The summed E-state index contributed by atoms with van der Waals surface area (Å²) < 4.78 is 5.11. The van der Waals surface area contributed by atoms with Gasteiger partial charge < -0.3 is 19.5 Å². The summed E-state index contributed by atoms with van der Waals surface area (Å²) in [6.45, 7) is 3.04. The van der Waals surface area contributed by atoms with Crippen LogP contribution >= 0.6 is 11.6 Å². The Morgan fingerprint density at radius 3 is 2.88 bits per heavy atom. The Labute approximate surface area is 157 Å². The largest absolute Gasteiger partial charge is 0.383 e. The summed E-state index contributed by atoms with van der Waals surface area (Å²) in [5.41, 5.74) is -0.0886. The highest BCUT2D eigenvalue weighted by atomic mass is 35.5. The second-order valence-electron chi connectivity index (χ2n) is 7.20. The number of hydrogen-bond donors (Lipinski definition) is 1. The van der Waals surface area contributed by atoms with Crippen molar-refractivity contribution >= 4 is 23.4 Å². The highest BCUT2D eigenvalue weighted by molar-refractivity contribution is 6.30. The van der Waals surface area contributed by atoms with Crippen LogP contribution < -0.4 is 5.56 Å². The molecule has 0 aliphatic carbocycles. The molecule has 0 aromatic carbocycles. The number of carbonyl (C=O) groups is 2. The molecule has 8 heteroatoms. The van der Waals surface area contributed by atoms with E-state index in [0.717, 1.165) is 19.3 Å². The number of hydrogen-bond acceptors (Lipinski definition) is 4. The van der Waals surface area contributed by atoms with Gasteiger partial charge in [-0.05, 0) is 25.3 Å². The van der Waals surface area contributed by atoms with Gasteiger partial charge in [-0.2, -0.15) is 0 Å². The predicted molar refractivity (Wildman–Crippen MR) is 97.3 cm³/mol. The quantitative estimate of drug-likeness (QED) is 0.857. The van der Waals surface area contributed by atoms with Gasteiger partial charge in [-0.3, -0.25) is 14.4 Å². The van der Waals surface area contributed by atoms with E-state index in [1.807, 2.05) is 9.80 Å². The van der Waals surface area contributed by atoms with E-state index in [1.54, 1.807) is 7.11 Å². The average Bonchev–Trinajstić information content (AvgIpc) is 2.64. The molecular weight excluding hydrogens is 358 g/mol. The second-order valence-corrected chi connectivity index (χ2v) is 7.61. The van der Waals surface area contributed by atoms with Gasteiger partial charge in [-0.25, -0.2) is 0 Å². The molecule has 0 radical (unpaired) electrons. The first-order valence-corrected chi connectivity index (χ1v) is 9.26. The first-order valence-electron chi connectivity index (χ1n) is 8.88. The minimum absolute atomic E-state index is 0.0107. The molecule has 2 fully saturated rings. The minimum Gasteiger partial charge on any atom is -0.383 e. The van der Waals surface area contributed by atoms with Crippen molar-refractivity contribution in [2.75, 3.05) is 39.9 Å². The number of aromatic nitrogens is 1. The summed E-state index contributed by atoms with van der Waals surface area (Å²) in [6, 6.07) is 1.42. The van der Waals surface area contributed by atoms with Gasteiger partial charge >= 0.3 is 0 Å². The zero-order valence-corrected chi connectivity index (χ0v) is 15.7. The molecule has 142 valence electrons. The summed E-state index contributed by atoms with van der Waals surface area (Å²) in [5, 5.41) is 0.0107. The van der Waals surface area contributed by atoms with Crippen molar-refractivity contribution in [3.05, 3.63) is 33.2 Å². The molecule has 1 aromatic rings. The standard InChI is InChI=1S/C18H24ClN3O4/c1-26-8-7-21-11-18(5-3-15(21)23)4-2-6-22(12-18)17(25)13-9-14(19)16(24)20-10-13/h9-10H,2-8,11-12H2,1H3,(H,20,24)/t18-/m0/s1. The number of likely N-dealkylation sites (tertiary alicyclic amines) is 2. The molecule has 0 unspecified atom stereocenters. The van der Waals surface area contributed by atoms with Crippen LogP contribution in [0.4, 0.5) is 0 Å². The summed E-state index contributed by atoms with van der Waals surface area (Å²) in [6.07, 6.45) is 4.61. The van der Waals surface area contributed by atoms with E-state index in [4.69, 9.17) is 16.3 Å². The number of rotatable bonds is 4. The van der Waals surface area contributed by atoms with Crippen molar-refractivity contribution in [1.29, 1.82) is 0 Å². The SMILES string of the molecule is COCCN1C[C@]2(CCCN(C(=O)c3c[nH]c(=O)c(Cl)c3)C2)CCC1=O. The summed E-state index contributed by atoms with van der Waals surface area (Å²) in [5.74, 6) is 0.0195. The van der Waals surface area contributed by atoms with Crippen molar-refractivity contribution in [3.8, 4) is 0 Å². The summed E-state index contributed by atoms with van der Waals surface area (Å²) in [4.78, 5) is 42.6. The maximum Gasteiger partial charge on any atom is 0.266 e. The molecule has 1 spiro atoms. The lowest BCUT2D eigenvalue weighted by molar-refractivity contribution is -0.139. The Morgan fingerprint density at radius 2 is 2.15 bits per heavy atom. The second kappa shape index (κ2) is 7.80. The molecule has 2 saturated heterocycles. The first-order chi connectivity index (χ1) is 12.4. The number of aromatic amines is 1. The van der Waals surface area contributed by atoms with Gasteiger partial charge in [0.05, 0.1) is 12.2 Å². The first kappa shape index (κ1) is 18.9. The fraction of sp³-hybridized carbons (Fsp3) is 0.611. The third-order valence-electron chi connectivity index (χ3n) is 5.37. The molecule has 2 aliphatic heterocycles. The maximum absolute atomic E-state index is 12.9. The van der Waals surface area contributed by atoms with E-state index < -0.39 is 5.56 Å². The highest BCUT2D eigenvalue weighted by Crippen LogP contribution is 2.39. The molecule has 1 N–H and O–H groups in total. The number of halogens is 1. The smallest absolute Gasteiger partial charge is 0.266 e. The number of ether oxygens (including phenoxy) is 1. The van der Waals surface area contributed by atoms with Crippen LogP contribution in [0.5, 0.6) is 0 Å². The highest BCUT2D eigenvalue weighted by Gasteiger charge is 2.42. The van der Waals surface area contributed by atoms with Crippen molar-refractivity contribution in [3.63, 3.8) is 0 Å². The normalized spacial score (nSPS) is 23.5. The zero-order valence-electron chi connectivity index (χ0n) is 14.9. The fourth-order valence-corrected chi connectivity index (χ4v) is 4.16. The van der Waals surface area contributed by atoms with Crippen LogP contribution in [0.2, 0.25) is 5.02 Å². The van der Waals surface area contributed by atoms with E-state index in [2.05, 4.69) is 4.98 Å². The molecule has 1 aromatic heterocycles. The molecule has 3 rings (SSSR count). The van der Waals surface area contributed by atoms with E-state index in [-0.39, 0.29) is 22.3 Å². The van der Waals surface area contributed by atoms with Gasteiger partial charge in [0.2, 0.25) is 5.91 Å². The monoisotopic (exact) mass is 381 g/mol. The third kappa shape index (κ3) is 3.94. The van der Waals surface area contributed by atoms with Gasteiger partial charge in [-0.1, -0.05) is 11.6 Å². The molecule has 0 bridgehead atoms. The molecule has 2 amide bonds. The number of carbonyl (C=O) groups excluding carboxylic acids is 2. The Kier molecular flexibility index (Phi) is 5.67. The van der Waals surface area contributed by atoms with Gasteiger partial charge in [-0.15, -0.1) is 0 Å². The Morgan fingerprint density at radius 1 is 1.35 bits per heavy atom. The van der Waals surface area contributed by atoms with Gasteiger partial charge in [0.1, 0.15) is 5.02 Å². The van der Waals surface area contributed by atoms with E-state index in [1.165, 1.54) is 12.3 Å². The number of pyridine rings is 1. The Balaban J connectivity index is 1.73. The Bertz CT molecular complexity index is 750. The lowest BCUT2D eigenvalue weighted by Gasteiger charge is -2.48. The maximum atomic E-state index is 12.9. The summed E-state index contributed by atoms with van der Waals surface area (Å²) in [7, 11) is 1.63. The van der Waals surface area contributed by atoms with Crippen LogP contribution in [0.25, 0.3) is 0 Å². The van der Waals surface area contributed by atoms with Gasteiger partial charge in [0.25, 0.3) is 11.5 Å². The topological polar surface area (TPSA) is 82.7 Å². The van der Waals surface area contributed by atoms with Gasteiger partial charge in [0.15, 0.2) is 0 Å². The molecule has 3 heterocycles. The lowest BCUT2D eigenvalue weighted by atomic mass is 9.73. The van der Waals surface area contributed by atoms with Crippen LogP contribution in [0.3, 0.4) is 0 Å². The van der Waals surface area contributed by atoms with Crippen LogP contribution in [-0.4, -0.2) is 66.5 Å². The van der Waals surface area contributed by atoms with Crippen molar-refractivity contribution < 1.29 is 14.3 Å². The lowest BCUT2D eigenvalue weighted by Crippen LogP contribution is -2.55. The van der Waals surface area contributed by atoms with Crippen LogP contribution in [0.1, 0.15) is 36.0 Å². The van der Waals surface area contributed by atoms with Crippen molar-refractivity contribution in [2.45, 2.75) is 25.7 Å². The molecule has 1 atom stereocenters. The minimum atomic E-state index is -0.405. The third-order valence-corrected chi connectivity index (χ3v) is 5.65. The van der Waals surface area contributed by atoms with Crippen molar-refractivity contribution in [1.82, 2.24) is 14.8 Å². The number of amides is 2. The summed E-state index contributed by atoms with van der Waals surface area (Å²) >= 11 is 5.85. The average molecular weight is 382 g/mol. The molecular formula is C18H24ClN3O4. The molecule has 0 saturated carbocycles. The van der Waals surface area contributed by atoms with E-state index in [0.29, 0.717) is 44.8 Å². The zero-order chi connectivity index (χ0) is 18.7. The molecule has 2 aliphatic rings. The van der Waals surface area contributed by atoms with Gasteiger partial charge in [0, 0.05) is 51.3 Å². The molecule has 7 nitrogen and oxygen atoms in total. The van der Waals surface area contributed by atoms with Crippen LogP contribution in [-0.2, 0) is 9.53 Å². The predicted octanol–water partition coefficient (Wildman–Crippen LogP) is 1.52. The van der Waals surface area contributed by atoms with E-state index >= 15 is 0 Å². The number of nitrogens with one attached hydrogen (secondary N) is 1. The number of piperidine rings is 2. The number of nitrogens with zero attached hydrogens (tertiary/aromatic N) is 2. The van der Waals surface area contributed by atoms with E-state index in [9.17, 15) is 14.4 Å². The Hall–Kier alpha value is -1.86. The number of H-pyrrole nitrogens is 1. The van der Waals surface area contributed by atoms with Crippen LogP contribution in [0, 0.1) is 5.41 Å². The fourth-order valence-electron chi connectivity index (χ4n) is 3.98. The number of methoxy groups -OCH3 is 1.